The van der Waals surface area contributed by atoms with Gasteiger partial charge in [-0.3, -0.25) is 0 Å². The van der Waals surface area contributed by atoms with Crippen molar-refractivity contribution >= 4 is 23.7 Å². The van der Waals surface area contributed by atoms with E-state index in [1.54, 1.807) is 12.3 Å². The topological polar surface area (TPSA) is 74.6 Å². The van der Waals surface area contributed by atoms with Crippen LogP contribution in [-0.2, 0) is 0 Å². The van der Waals surface area contributed by atoms with E-state index < -0.39 is 11.9 Å². The molecule has 0 amide bonds. The average Bonchev–Trinajstić information content (AvgIpc) is 2.16. The van der Waals surface area contributed by atoms with Gasteiger partial charge in [0.15, 0.2) is 0 Å². The Morgan fingerprint density at radius 2 is 1.86 bits per heavy atom. The molecule has 1 rings (SSSR count). The zero-order valence-electron chi connectivity index (χ0n) is 7.35. The molecular formula is C9H8O4S. The molecule has 0 saturated carbocycles. The van der Waals surface area contributed by atoms with E-state index in [1.807, 2.05) is 0 Å². The Bertz CT molecular complexity index is 386. The van der Waals surface area contributed by atoms with E-state index in [4.69, 9.17) is 10.2 Å². The van der Waals surface area contributed by atoms with Gasteiger partial charge >= 0.3 is 11.9 Å². The largest absolute Gasteiger partial charge is 0.478 e. The van der Waals surface area contributed by atoms with Gasteiger partial charge in [-0.1, -0.05) is 6.07 Å². The van der Waals surface area contributed by atoms with Crippen LogP contribution in [0.3, 0.4) is 0 Å². The number of hydrogen-bond donors (Lipinski definition) is 2. The standard InChI is InChI=1S/C9H8O4S/c1-14-6-4-2-3-5(8(10)11)7(6)9(12)13/h2-4H,1H3,(H,10,11)(H,12,13). The molecule has 0 bridgehead atoms. The summed E-state index contributed by atoms with van der Waals surface area (Å²) >= 11 is 1.21. The van der Waals surface area contributed by atoms with Crippen molar-refractivity contribution in [3.8, 4) is 0 Å². The van der Waals surface area contributed by atoms with Crippen molar-refractivity contribution in [2.24, 2.45) is 0 Å². The van der Waals surface area contributed by atoms with Crippen LogP contribution in [0.2, 0.25) is 0 Å². The fraction of sp³-hybridized carbons (Fsp3) is 0.111. The zero-order valence-corrected chi connectivity index (χ0v) is 8.17. The molecule has 1 aromatic carbocycles. The first-order chi connectivity index (χ1) is 6.57. The minimum Gasteiger partial charge on any atom is -0.478 e. The van der Waals surface area contributed by atoms with E-state index in [2.05, 4.69) is 0 Å². The average molecular weight is 212 g/mol. The number of rotatable bonds is 3. The Balaban J connectivity index is 3.43. The Morgan fingerprint density at radius 3 is 2.29 bits per heavy atom. The third kappa shape index (κ3) is 1.88. The predicted octanol–water partition coefficient (Wildman–Crippen LogP) is 1.80. The molecule has 0 radical (unpaired) electrons. The molecule has 5 heteroatoms. The van der Waals surface area contributed by atoms with Gasteiger partial charge in [0.2, 0.25) is 0 Å². The molecule has 4 nitrogen and oxygen atoms in total. The third-order valence-corrected chi connectivity index (χ3v) is 2.47. The van der Waals surface area contributed by atoms with Crippen LogP contribution in [0, 0.1) is 0 Å². The van der Waals surface area contributed by atoms with Gasteiger partial charge in [0.1, 0.15) is 0 Å². The summed E-state index contributed by atoms with van der Waals surface area (Å²) in [5.41, 5.74) is -0.322. The highest BCUT2D eigenvalue weighted by Crippen LogP contribution is 2.23. The van der Waals surface area contributed by atoms with Gasteiger partial charge in [0.05, 0.1) is 11.1 Å². The SMILES string of the molecule is CSc1cccc(C(=O)O)c1C(=O)O. The highest BCUT2D eigenvalue weighted by atomic mass is 32.2. The van der Waals surface area contributed by atoms with E-state index in [1.165, 1.54) is 23.9 Å². The number of benzene rings is 1. The molecule has 0 heterocycles. The number of carbonyl (C=O) groups is 2. The van der Waals surface area contributed by atoms with Crippen LogP contribution in [0.15, 0.2) is 23.1 Å². The second-order valence-electron chi connectivity index (χ2n) is 2.49. The smallest absolute Gasteiger partial charge is 0.337 e. The van der Waals surface area contributed by atoms with Gasteiger partial charge in [-0.2, -0.15) is 0 Å². The summed E-state index contributed by atoms with van der Waals surface area (Å²) in [6.07, 6.45) is 1.70. The first-order valence-corrected chi connectivity index (χ1v) is 4.94. The van der Waals surface area contributed by atoms with Crippen molar-refractivity contribution in [3.63, 3.8) is 0 Å². The second-order valence-corrected chi connectivity index (χ2v) is 3.34. The molecule has 1 aromatic rings. The minimum atomic E-state index is -1.22. The summed E-state index contributed by atoms with van der Waals surface area (Å²) in [6, 6.07) is 4.40. The molecule has 0 spiro atoms. The Hall–Kier alpha value is -1.49. The van der Waals surface area contributed by atoms with Crippen molar-refractivity contribution in [1.82, 2.24) is 0 Å². The highest BCUT2D eigenvalue weighted by molar-refractivity contribution is 7.98. The molecule has 0 atom stereocenters. The molecule has 0 fully saturated rings. The molecule has 14 heavy (non-hydrogen) atoms. The zero-order chi connectivity index (χ0) is 10.7. The maximum absolute atomic E-state index is 10.8. The maximum atomic E-state index is 10.8. The van der Waals surface area contributed by atoms with Crippen molar-refractivity contribution < 1.29 is 19.8 Å². The lowest BCUT2D eigenvalue weighted by molar-refractivity contribution is 0.0648. The van der Waals surface area contributed by atoms with Crippen LogP contribution in [-0.4, -0.2) is 28.4 Å². The van der Waals surface area contributed by atoms with Crippen molar-refractivity contribution in [2.45, 2.75) is 4.90 Å². The molecule has 0 aromatic heterocycles. The first-order valence-electron chi connectivity index (χ1n) is 3.71. The number of carboxylic acids is 2. The van der Waals surface area contributed by atoms with Crippen LogP contribution in [0.25, 0.3) is 0 Å². The monoisotopic (exact) mass is 212 g/mol. The highest BCUT2D eigenvalue weighted by Gasteiger charge is 2.18. The van der Waals surface area contributed by atoms with Crippen LogP contribution < -0.4 is 0 Å². The fourth-order valence-corrected chi connectivity index (χ4v) is 1.72. The van der Waals surface area contributed by atoms with E-state index in [0.717, 1.165) is 0 Å². The van der Waals surface area contributed by atoms with Gasteiger partial charge in [0.25, 0.3) is 0 Å². The Kier molecular flexibility index (Phi) is 3.14. The Morgan fingerprint density at radius 1 is 1.21 bits per heavy atom. The summed E-state index contributed by atoms with van der Waals surface area (Å²) in [5, 5.41) is 17.6. The lowest BCUT2D eigenvalue weighted by atomic mass is 10.1. The normalized spacial score (nSPS) is 9.79. The summed E-state index contributed by atoms with van der Waals surface area (Å²) in [7, 11) is 0. The molecule has 2 N–H and O–H groups in total. The molecule has 0 saturated heterocycles. The number of thioether (sulfide) groups is 1. The maximum Gasteiger partial charge on any atom is 0.337 e. The Labute approximate surface area is 84.6 Å². The predicted molar refractivity (Wildman–Crippen MR) is 52.1 cm³/mol. The lowest BCUT2D eigenvalue weighted by Crippen LogP contribution is -2.09. The van der Waals surface area contributed by atoms with E-state index >= 15 is 0 Å². The van der Waals surface area contributed by atoms with Gasteiger partial charge in [-0.15, -0.1) is 11.8 Å². The van der Waals surface area contributed by atoms with Crippen LogP contribution >= 0.6 is 11.8 Å². The molecule has 0 aliphatic heterocycles. The van der Waals surface area contributed by atoms with Crippen LogP contribution in [0.4, 0.5) is 0 Å². The van der Waals surface area contributed by atoms with Crippen molar-refractivity contribution in [1.29, 1.82) is 0 Å². The first kappa shape index (κ1) is 10.6. The van der Waals surface area contributed by atoms with E-state index in [0.29, 0.717) is 4.90 Å². The number of aromatic carboxylic acids is 2. The van der Waals surface area contributed by atoms with Gasteiger partial charge in [-0.05, 0) is 18.4 Å². The summed E-state index contributed by atoms with van der Waals surface area (Å²) < 4.78 is 0. The van der Waals surface area contributed by atoms with Gasteiger partial charge in [-0.25, -0.2) is 9.59 Å². The van der Waals surface area contributed by atoms with E-state index in [-0.39, 0.29) is 11.1 Å². The number of carboxylic acid groups (broad SMARTS) is 2. The molecule has 74 valence electrons. The van der Waals surface area contributed by atoms with Gasteiger partial charge in [0, 0.05) is 4.90 Å². The molecule has 0 unspecified atom stereocenters. The fourth-order valence-electron chi connectivity index (χ4n) is 1.10. The summed E-state index contributed by atoms with van der Waals surface area (Å²) in [5.74, 6) is -2.44. The molecule has 0 aliphatic rings. The van der Waals surface area contributed by atoms with E-state index in [9.17, 15) is 9.59 Å². The van der Waals surface area contributed by atoms with Crippen LogP contribution in [0.1, 0.15) is 20.7 Å². The second kappa shape index (κ2) is 4.15. The van der Waals surface area contributed by atoms with Gasteiger partial charge < -0.3 is 10.2 Å². The quantitative estimate of drug-likeness (QED) is 0.747. The number of hydrogen-bond acceptors (Lipinski definition) is 3. The molecular weight excluding hydrogens is 204 g/mol. The summed E-state index contributed by atoms with van der Waals surface area (Å²) in [6.45, 7) is 0. The molecule has 0 aliphatic carbocycles. The third-order valence-electron chi connectivity index (χ3n) is 1.69. The van der Waals surface area contributed by atoms with Crippen molar-refractivity contribution in [2.75, 3.05) is 6.26 Å². The van der Waals surface area contributed by atoms with Crippen molar-refractivity contribution in [3.05, 3.63) is 29.3 Å². The van der Waals surface area contributed by atoms with Crippen LogP contribution in [0.5, 0.6) is 0 Å². The minimum absolute atomic E-state index is 0.146. The lowest BCUT2D eigenvalue weighted by Gasteiger charge is -2.05. The summed E-state index contributed by atoms with van der Waals surface area (Å²) in [4.78, 5) is 22.0.